The Labute approximate surface area is 105 Å². The van der Waals surface area contributed by atoms with E-state index in [2.05, 4.69) is 15.9 Å². The highest BCUT2D eigenvalue weighted by Crippen LogP contribution is 2.17. The predicted octanol–water partition coefficient (Wildman–Crippen LogP) is 1.12. The molecule has 1 aromatic rings. The van der Waals surface area contributed by atoms with E-state index < -0.39 is 21.0 Å². The van der Waals surface area contributed by atoms with Crippen molar-refractivity contribution < 1.29 is 14.4 Å². The van der Waals surface area contributed by atoms with Gasteiger partial charge in [-0.25, -0.2) is 4.39 Å². The van der Waals surface area contributed by atoms with Crippen molar-refractivity contribution in [2.75, 3.05) is 0 Å². The second kappa shape index (κ2) is 4.60. The van der Waals surface area contributed by atoms with Gasteiger partial charge < -0.3 is 10.0 Å². The zero-order valence-corrected chi connectivity index (χ0v) is 12.4. The van der Waals surface area contributed by atoms with Gasteiger partial charge in [0, 0.05) is 9.94 Å². The molecule has 1 aromatic carbocycles. The van der Waals surface area contributed by atoms with Gasteiger partial charge in [-0.2, -0.15) is 0 Å². The van der Waals surface area contributed by atoms with Gasteiger partial charge in [0.15, 0.2) is 0 Å². The number of benzene rings is 1. The fraction of sp³-hybridized carbons (Fsp3) is 0.400. The Morgan fingerprint density at radius 3 is 2.19 bits per heavy atom. The van der Waals surface area contributed by atoms with Crippen LogP contribution in [-0.4, -0.2) is 25.2 Å². The van der Waals surface area contributed by atoms with E-state index in [0.29, 0.717) is 10.8 Å². The van der Waals surface area contributed by atoms with Crippen molar-refractivity contribution in [1.82, 2.24) is 0 Å². The maximum atomic E-state index is 14.2. The number of halogens is 2. The van der Waals surface area contributed by atoms with E-state index in [-0.39, 0.29) is 5.46 Å². The zero-order chi connectivity index (χ0) is 12.7. The van der Waals surface area contributed by atoms with Crippen molar-refractivity contribution >= 4 is 41.8 Å². The molecule has 0 unspecified atom stereocenters. The largest absolute Gasteiger partial charge is 0.491 e. The lowest BCUT2D eigenvalue weighted by Crippen LogP contribution is -2.47. The van der Waals surface area contributed by atoms with Gasteiger partial charge >= 0.3 is 7.12 Å². The third-order valence-electron chi connectivity index (χ3n) is 2.57. The Bertz CT molecular complexity index is 418. The van der Waals surface area contributed by atoms with E-state index in [4.69, 9.17) is 0 Å². The van der Waals surface area contributed by atoms with Crippen molar-refractivity contribution in [3.05, 3.63) is 21.9 Å². The molecule has 6 heteroatoms. The van der Waals surface area contributed by atoms with Crippen LogP contribution < -0.4 is 10.6 Å². The van der Waals surface area contributed by atoms with Gasteiger partial charge in [-0.3, -0.25) is 0 Å². The Morgan fingerprint density at radius 1 is 1.31 bits per heavy atom. The van der Waals surface area contributed by atoms with Gasteiger partial charge in [0.1, 0.15) is 5.82 Å². The summed E-state index contributed by atoms with van der Waals surface area (Å²) in [5.74, 6) is -0.477. The van der Waals surface area contributed by atoms with Crippen LogP contribution in [0.2, 0.25) is 19.6 Å². The lowest BCUT2D eigenvalue weighted by molar-refractivity contribution is 0.423. The van der Waals surface area contributed by atoms with Crippen molar-refractivity contribution in [2.45, 2.75) is 26.6 Å². The van der Waals surface area contributed by atoms with Crippen LogP contribution in [0.1, 0.15) is 5.56 Å². The van der Waals surface area contributed by atoms with Crippen LogP contribution in [0, 0.1) is 12.7 Å². The molecule has 0 saturated carbocycles. The van der Waals surface area contributed by atoms with Crippen LogP contribution in [0.5, 0.6) is 0 Å². The summed E-state index contributed by atoms with van der Waals surface area (Å²) < 4.78 is 14.9. The molecule has 2 N–H and O–H groups in total. The lowest BCUT2D eigenvalue weighted by Gasteiger charge is -2.21. The van der Waals surface area contributed by atoms with Crippen LogP contribution >= 0.6 is 15.9 Å². The van der Waals surface area contributed by atoms with Crippen molar-refractivity contribution in [3.8, 4) is 0 Å². The Kier molecular flexibility index (Phi) is 4.00. The summed E-state index contributed by atoms with van der Waals surface area (Å²) in [6.45, 7) is 7.71. The van der Waals surface area contributed by atoms with Gasteiger partial charge in [0.05, 0.1) is 8.07 Å². The quantitative estimate of drug-likeness (QED) is 0.804. The lowest BCUT2D eigenvalue weighted by atomic mass is 9.77. The fourth-order valence-electron chi connectivity index (χ4n) is 1.59. The summed E-state index contributed by atoms with van der Waals surface area (Å²) in [5, 5.41) is 19.0. The van der Waals surface area contributed by atoms with E-state index >= 15 is 0 Å². The summed E-state index contributed by atoms with van der Waals surface area (Å²) in [6, 6.07) is 1.75. The molecule has 2 nitrogen and oxygen atoms in total. The van der Waals surface area contributed by atoms with Gasteiger partial charge in [0.25, 0.3) is 0 Å². The zero-order valence-electron chi connectivity index (χ0n) is 9.81. The second-order valence-electron chi connectivity index (χ2n) is 4.88. The van der Waals surface area contributed by atoms with Gasteiger partial charge in [-0.1, -0.05) is 35.6 Å². The maximum absolute atomic E-state index is 14.2. The minimum absolute atomic E-state index is 0.0215. The molecular formula is C10H15BBrFO2Si. The number of rotatable bonds is 2. The van der Waals surface area contributed by atoms with E-state index in [1.165, 1.54) is 0 Å². The van der Waals surface area contributed by atoms with Gasteiger partial charge in [-0.05, 0) is 23.7 Å². The maximum Gasteiger partial charge on any atom is 0.491 e. The average Bonchev–Trinajstić information content (AvgIpc) is 2.09. The second-order valence-corrected chi connectivity index (χ2v) is 10.8. The van der Waals surface area contributed by atoms with Crippen LogP contribution in [-0.2, 0) is 0 Å². The molecule has 0 aliphatic rings. The number of hydrogen-bond acceptors (Lipinski definition) is 2. The molecule has 0 spiro atoms. The van der Waals surface area contributed by atoms with Gasteiger partial charge in [0.2, 0.25) is 0 Å². The standard InChI is InChI=1S/C10H15BBrFO2Si/c1-6-7(12)5-8(16(2,3)4)10(13)9(6)11(14)15/h5,14-15H,1-4H3. The molecule has 0 aliphatic carbocycles. The smallest absolute Gasteiger partial charge is 0.423 e. The monoisotopic (exact) mass is 304 g/mol. The molecule has 0 aliphatic heterocycles. The Morgan fingerprint density at radius 2 is 1.81 bits per heavy atom. The first-order valence-corrected chi connectivity index (χ1v) is 9.30. The molecule has 0 saturated heterocycles. The summed E-state index contributed by atoms with van der Waals surface area (Å²) in [4.78, 5) is 0. The minimum atomic E-state index is -1.84. The predicted molar refractivity (Wildman–Crippen MR) is 71.6 cm³/mol. The number of hydrogen-bond donors (Lipinski definition) is 2. The summed E-state index contributed by atoms with van der Waals surface area (Å²) in [7, 11) is -3.61. The van der Waals surface area contributed by atoms with Crippen LogP contribution in [0.15, 0.2) is 10.5 Å². The molecule has 16 heavy (non-hydrogen) atoms. The van der Waals surface area contributed by atoms with Gasteiger partial charge in [-0.15, -0.1) is 0 Å². The molecule has 0 fully saturated rings. The molecule has 0 atom stereocenters. The van der Waals surface area contributed by atoms with Crippen LogP contribution in [0.4, 0.5) is 4.39 Å². The first-order valence-electron chi connectivity index (χ1n) is 5.01. The fourth-order valence-corrected chi connectivity index (χ4v) is 3.61. The van der Waals surface area contributed by atoms with E-state index in [1.54, 1.807) is 13.0 Å². The first-order chi connectivity index (χ1) is 7.16. The highest BCUT2D eigenvalue weighted by molar-refractivity contribution is 9.10. The topological polar surface area (TPSA) is 40.5 Å². The molecule has 0 amide bonds. The van der Waals surface area contributed by atoms with Crippen molar-refractivity contribution in [3.63, 3.8) is 0 Å². The molecular weight excluding hydrogens is 290 g/mol. The van der Waals surface area contributed by atoms with Crippen molar-refractivity contribution in [1.29, 1.82) is 0 Å². The third-order valence-corrected chi connectivity index (χ3v) is 5.38. The normalized spacial score (nSPS) is 11.8. The molecule has 0 aromatic heterocycles. The molecule has 0 radical (unpaired) electrons. The SMILES string of the molecule is Cc1c(Br)cc([Si](C)(C)C)c(F)c1B(O)O. The Balaban J connectivity index is 3.57. The van der Waals surface area contributed by atoms with Crippen molar-refractivity contribution in [2.24, 2.45) is 0 Å². The first kappa shape index (κ1) is 13.9. The Hall–Kier alpha value is -0.168. The third kappa shape index (κ3) is 2.56. The molecule has 0 bridgehead atoms. The highest BCUT2D eigenvalue weighted by Gasteiger charge is 2.29. The molecule has 1 rings (SSSR count). The summed E-state index contributed by atoms with van der Waals surface area (Å²) in [5.41, 5.74) is 0.515. The van der Waals surface area contributed by atoms with E-state index in [0.717, 1.165) is 4.47 Å². The van der Waals surface area contributed by atoms with E-state index in [1.807, 2.05) is 19.6 Å². The highest BCUT2D eigenvalue weighted by atomic mass is 79.9. The summed E-state index contributed by atoms with van der Waals surface area (Å²) >= 11 is 3.33. The van der Waals surface area contributed by atoms with Crippen LogP contribution in [0.3, 0.4) is 0 Å². The minimum Gasteiger partial charge on any atom is -0.423 e. The average molecular weight is 305 g/mol. The molecule has 0 heterocycles. The van der Waals surface area contributed by atoms with Crippen LogP contribution in [0.25, 0.3) is 0 Å². The molecule has 88 valence electrons. The summed E-state index contributed by atoms with van der Waals surface area (Å²) in [6.07, 6.45) is 0. The van der Waals surface area contributed by atoms with E-state index in [9.17, 15) is 14.4 Å².